The van der Waals surface area contributed by atoms with Gasteiger partial charge in [0.1, 0.15) is 0 Å². The molecule has 0 saturated carbocycles. The summed E-state index contributed by atoms with van der Waals surface area (Å²) in [6.45, 7) is 0.447. The van der Waals surface area contributed by atoms with Gasteiger partial charge in [0.15, 0.2) is 9.84 Å². The van der Waals surface area contributed by atoms with E-state index in [-0.39, 0.29) is 5.91 Å². The van der Waals surface area contributed by atoms with Crippen LogP contribution in [0, 0.1) is 11.3 Å². The molecule has 0 saturated heterocycles. The fraction of sp³-hybridized carbons (Fsp3) is 0.429. The number of rotatable bonds is 7. The van der Waals surface area contributed by atoms with Crippen LogP contribution in [0.3, 0.4) is 0 Å². The average molecular weight is 326 g/mol. The number of hydrogen-bond acceptors (Lipinski definition) is 5. The van der Waals surface area contributed by atoms with E-state index in [2.05, 4.69) is 0 Å². The topological polar surface area (TPSA) is 78.2 Å². The minimum Gasteiger partial charge on any atom is -0.345 e. The van der Waals surface area contributed by atoms with Gasteiger partial charge in [0.2, 0.25) is 5.91 Å². The number of sulfone groups is 1. The Labute approximate surface area is 129 Å². The molecular formula is C14H18N2O3S2. The Hall–Kier alpha value is -1.52. The molecule has 0 unspecified atom stereocenters. The highest BCUT2D eigenvalue weighted by molar-refractivity contribution is 7.99. The minimum absolute atomic E-state index is 0.00510. The quantitative estimate of drug-likeness (QED) is 0.716. The molecule has 1 aromatic carbocycles. The molecule has 0 aliphatic heterocycles. The van der Waals surface area contributed by atoms with E-state index in [9.17, 15) is 13.2 Å². The predicted molar refractivity (Wildman–Crippen MR) is 82.8 cm³/mol. The van der Waals surface area contributed by atoms with Crippen LogP contribution in [0.25, 0.3) is 0 Å². The SMILES string of the molecule is CN(CCC#N)C(=O)CCSc1ccc(S(C)(=O)=O)cc1. The highest BCUT2D eigenvalue weighted by Crippen LogP contribution is 2.21. The molecule has 0 aromatic heterocycles. The third kappa shape index (κ3) is 6.19. The first-order valence-corrected chi connectivity index (χ1v) is 9.26. The zero-order valence-electron chi connectivity index (χ0n) is 12.1. The zero-order chi connectivity index (χ0) is 15.9. The lowest BCUT2D eigenvalue weighted by Gasteiger charge is -2.15. The van der Waals surface area contributed by atoms with Gasteiger partial charge in [-0.15, -0.1) is 11.8 Å². The van der Waals surface area contributed by atoms with Crippen molar-refractivity contribution >= 4 is 27.5 Å². The van der Waals surface area contributed by atoms with Crippen LogP contribution in [0.4, 0.5) is 0 Å². The summed E-state index contributed by atoms with van der Waals surface area (Å²) in [5.74, 6) is 0.624. The lowest BCUT2D eigenvalue weighted by atomic mass is 10.3. The zero-order valence-corrected chi connectivity index (χ0v) is 13.7. The van der Waals surface area contributed by atoms with Crippen molar-refractivity contribution in [2.75, 3.05) is 25.6 Å². The van der Waals surface area contributed by atoms with Gasteiger partial charge < -0.3 is 4.90 Å². The summed E-state index contributed by atoms with van der Waals surface area (Å²) in [6.07, 6.45) is 1.90. The van der Waals surface area contributed by atoms with E-state index in [1.54, 1.807) is 36.2 Å². The molecule has 5 nitrogen and oxygen atoms in total. The number of carbonyl (C=O) groups is 1. The van der Waals surface area contributed by atoms with E-state index in [1.165, 1.54) is 18.0 Å². The van der Waals surface area contributed by atoms with Crippen molar-refractivity contribution in [2.24, 2.45) is 0 Å². The van der Waals surface area contributed by atoms with Gasteiger partial charge in [0.05, 0.1) is 17.4 Å². The number of thioether (sulfide) groups is 1. The summed E-state index contributed by atoms with van der Waals surface area (Å²) in [5.41, 5.74) is 0. The number of benzene rings is 1. The van der Waals surface area contributed by atoms with Crippen LogP contribution < -0.4 is 0 Å². The maximum Gasteiger partial charge on any atom is 0.223 e. The molecule has 114 valence electrons. The molecule has 1 rings (SSSR count). The van der Waals surface area contributed by atoms with Gasteiger partial charge in [0, 0.05) is 36.9 Å². The molecule has 1 aromatic rings. The largest absolute Gasteiger partial charge is 0.345 e. The third-order valence-electron chi connectivity index (χ3n) is 2.82. The van der Waals surface area contributed by atoms with Crippen LogP contribution >= 0.6 is 11.8 Å². The summed E-state index contributed by atoms with van der Waals surface area (Å²) in [5, 5.41) is 8.47. The van der Waals surface area contributed by atoms with Gasteiger partial charge in [-0.1, -0.05) is 0 Å². The Morgan fingerprint density at radius 3 is 2.48 bits per heavy atom. The molecule has 0 N–H and O–H groups in total. The monoisotopic (exact) mass is 326 g/mol. The fourth-order valence-electron chi connectivity index (χ4n) is 1.57. The lowest BCUT2D eigenvalue weighted by Crippen LogP contribution is -2.27. The maximum absolute atomic E-state index is 11.7. The summed E-state index contributed by atoms with van der Waals surface area (Å²) < 4.78 is 22.7. The molecule has 7 heteroatoms. The summed E-state index contributed by atoms with van der Waals surface area (Å²) in [4.78, 5) is 14.5. The Morgan fingerprint density at radius 2 is 1.95 bits per heavy atom. The van der Waals surface area contributed by atoms with E-state index in [0.717, 1.165) is 4.90 Å². The summed E-state index contributed by atoms with van der Waals surface area (Å²) >= 11 is 1.50. The van der Waals surface area contributed by atoms with Gasteiger partial charge >= 0.3 is 0 Å². The Bertz CT molecular complexity index is 619. The van der Waals surface area contributed by atoms with Crippen molar-refractivity contribution in [3.8, 4) is 6.07 Å². The molecule has 0 radical (unpaired) electrons. The molecule has 0 aliphatic rings. The second kappa shape index (κ2) is 8.05. The normalized spacial score (nSPS) is 10.9. The molecule has 0 fully saturated rings. The number of nitriles is 1. The Morgan fingerprint density at radius 1 is 1.33 bits per heavy atom. The van der Waals surface area contributed by atoms with E-state index in [0.29, 0.717) is 30.0 Å². The number of nitrogens with zero attached hydrogens (tertiary/aromatic N) is 2. The lowest BCUT2D eigenvalue weighted by molar-refractivity contribution is -0.129. The van der Waals surface area contributed by atoms with Gasteiger partial charge in [0.25, 0.3) is 0 Å². The van der Waals surface area contributed by atoms with Crippen LogP contribution in [-0.4, -0.2) is 44.8 Å². The number of amides is 1. The van der Waals surface area contributed by atoms with Crippen LogP contribution in [-0.2, 0) is 14.6 Å². The molecule has 0 bridgehead atoms. The van der Waals surface area contributed by atoms with Crippen molar-refractivity contribution in [3.63, 3.8) is 0 Å². The summed E-state index contributed by atoms with van der Waals surface area (Å²) in [7, 11) is -1.48. The van der Waals surface area contributed by atoms with Gasteiger partial charge in [-0.3, -0.25) is 4.79 Å². The molecule has 0 aliphatic carbocycles. The first-order valence-electron chi connectivity index (χ1n) is 6.38. The molecule has 0 heterocycles. The standard InChI is InChI=1S/C14H18N2O3S2/c1-16(10-3-9-15)14(17)8-11-20-12-4-6-13(7-5-12)21(2,18)19/h4-7H,3,8,10-11H2,1-2H3. The van der Waals surface area contributed by atoms with Crippen molar-refractivity contribution in [3.05, 3.63) is 24.3 Å². The van der Waals surface area contributed by atoms with E-state index >= 15 is 0 Å². The first kappa shape index (κ1) is 17.5. The van der Waals surface area contributed by atoms with Gasteiger partial charge in [-0.2, -0.15) is 5.26 Å². The molecule has 21 heavy (non-hydrogen) atoms. The number of hydrogen-bond donors (Lipinski definition) is 0. The summed E-state index contributed by atoms with van der Waals surface area (Å²) in [6, 6.07) is 8.62. The molecular weight excluding hydrogens is 308 g/mol. The van der Waals surface area contributed by atoms with E-state index in [1.807, 2.05) is 6.07 Å². The molecule has 1 amide bonds. The maximum atomic E-state index is 11.7. The Kier molecular flexibility index (Phi) is 6.72. The van der Waals surface area contributed by atoms with Crippen molar-refractivity contribution in [1.82, 2.24) is 4.90 Å². The average Bonchev–Trinajstić information content (AvgIpc) is 2.44. The van der Waals surface area contributed by atoms with E-state index in [4.69, 9.17) is 5.26 Å². The molecule has 0 atom stereocenters. The van der Waals surface area contributed by atoms with Gasteiger partial charge in [-0.05, 0) is 24.3 Å². The predicted octanol–water partition coefficient (Wildman–Crippen LogP) is 1.94. The Balaban J connectivity index is 2.43. The highest BCUT2D eigenvalue weighted by Gasteiger charge is 2.09. The minimum atomic E-state index is -3.17. The second-order valence-corrected chi connectivity index (χ2v) is 7.75. The third-order valence-corrected chi connectivity index (χ3v) is 4.96. The smallest absolute Gasteiger partial charge is 0.223 e. The van der Waals surface area contributed by atoms with Gasteiger partial charge in [-0.25, -0.2) is 8.42 Å². The van der Waals surface area contributed by atoms with Crippen LogP contribution in [0.15, 0.2) is 34.1 Å². The van der Waals surface area contributed by atoms with Crippen LogP contribution in [0.1, 0.15) is 12.8 Å². The fourth-order valence-corrected chi connectivity index (χ4v) is 3.04. The van der Waals surface area contributed by atoms with Crippen molar-refractivity contribution < 1.29 is 13.2 Å². The second-order valence-electron chi connectivity index (χ2n) is 4.57. The van der Waals surface area contributed by atoms with E-state index < -0.39 is 9.84 Å². The van der Waals surface area contributed by atoms with Crippen LogP contribution in [0.2, 0.25) is 0 Å². The molecule has 0 spiro atoms. The highest BCUT2D eigenvalue weighted by atomic mass is 32.2. The van der Waals surface area contributed by atoms with Crippen molar-refractivity contribution in [1.29, 1.82) is 5.26 Å². The number of carbonyl (C=O) groups excluding carboxylic acids is 1. The van der Waals surface area contributed by atoms with Crippen LogP contribution in [0.5, 0.6) is 0 Å². The first-order chi connectivity index (χ1) is 9.84. The van der Waals surface area contributed by atoms with Crippen molar-refractivity contribution in [2.45, 2.75) is 22.6 Å².